The summed E-state index contributed by atoms with van der Waals surface area (Å²) in [5.74, 6) is 1.15. The van der Waals surface area contributed by atoms with Crippen LogP contribution in [0.5, 0.6) is 0 Å². The number of aromatic nitrogens is 2. The van der Waals surface area contributed by atoms with Crippen molar-refractivity contribution >= 4 is 17.6 Å². The lowest BCUT2D eigenvalue weighted by molar-refractivity contribution is 0.0410. The van der Waals surface area contributed by atoms with Crippen molar-refractivity contribution in [1.82, 2.24) is 14.9 Å². The average molecular weight is 256 g/mol. The van der Waals surface area contributed by atoms with Crippen LogP contribution in [0.15, 0.2) is 16.0 Å². The Morgan fingerprint density at radius 3 is 3.00 bits per heavy atom. The molecule has 94 valence electrons. The number of anilines is 1. The van der Waals surface area contributed by atoms with E-state index in [0.29, 0.717) is 5.16 Å². The number of nitrogens with zero attached hydrogens (tertiary/aromatic N) is 2. The molecule has 0 amide bonds. The van der Waals surface area contributed by atoms with Gasteiger partial charge in [0, 0.05) is 31.5 Å². The normalized spacial score (nSPS) is 17.2. The summed E-state index contributed by atoms with van der Waals surface area (Å²) in [5.41, 5.74) is 5.30. The highest BCUT2D eigenvalue weighted by molar-refractivity contribution is 7.99. The molecule has 0 bridgehead atoms. The monoisotopic (exact) mass is 256 g/mol. The second kappa shape index (κ2) is 6.04. The minimum absolute atomic E-state index is 0.202. The van der Waals surface area contributed by atoms with Gasteiger partial charge in [0.2, 0.25) is 0 Å². The van der Waals surface area contributed by atoms with Crippen molar-refractivity contribution in [2.24, 2.45) is 0 Å². The number of nitrogens with one attached hydrogen (secondary N) is 1. The molecule has 3 N–H and O–H groups in total. The molecule has 1 aromatic heterocycles. The predicted octanol–water partition coefficient (Wildman–Crippen LogP) is -0.224. The summed E-state index contributed by atoms with van der Waals surface area (Å²) < 4.78 is 5.27. The molecule has 0 aromatic carbocycles. The Balaban J connectivity index is 1.79. The van der Waals surface area contributed by atoms with Crippen molar-refractivity contribution in [2.45, 2.75) is 5.16 Å². The van der Waals surface area contributed by atoms with Gasteiger partial charge in [0.05, 0.1) is 13.2 Å². The molecule has 0 saturated carbocycles. The van der Waals surface area contributed by atoms with Gasteiger partial charge in [-0.3, -0.25) is 9.69 Å². The van der Waals surface area contributed by atoms with E-state index >= 15 is 0 Å². The lowest BCUT2D eigenvalue weighted by Gasteiger charge is -2.26. The molecule has 0 spiro atoms. The Morgan fingerprint density at radius 1 is 1.53 bits per heavy atom. The molecule has 0 aliphatic carbocycles. The Labute approximate surface area is 104 Å². The van der Waals surface area contributed by atoms with Crippen molar-refractivity contribution in [3.8, 4) is 0 Å². The van der Waals surface area contributed by atoms with Crippen LogP contribution in [0.1, 0.15) is 0 Å². The summed E-state index contributed by atoms with van der Waals surface area (Å²) in [6.45, 7) is 4.52. The first-order valence-corrected chi connectivity index (χ1v) is 6.52. The number of ether oxygens (including phenoxy) is 1. The average Bonchev–Trinajstić information content (AvgIpc) is 2.29. The van der Waals surface area contributed by atoms with Gasteiger partial charge in [-0.1, -0.05) is 11.8 Å². The standard InChI is InChI=1S/C10H16N4O2S/c11-8-7-9(15)13-10(12-8)17-6-3-14-1-4-16-5-2-14/h7H,1-6H2,(H3,11,12,13,15). The smallest absolute Gasteiger partial charge is 0.253 e. The van der Waals surface area contributed by atoms with E-state index < -0.39 is 0 Å². The zero-order chi connectivity index (χ0) is 12.1. The quantitative estimate of drug-likeness (QED) is 0.572. The molecule has 7 heteroatoms. The van der Waals surface area contributed by atoms with Crippen LogP contribution < -0.4 is 11.3 Å². The topological polar surface area (TPSA) is 84.2 Å². The third-order valence-electron chi connectivity index (χ3n) is 2.49. The van der Waals surface area contributed by atoms with E-state index in [1.54, 1.807) is 0 Å². The molecule has 1 aliphatic heterocycles. The number of nitrogen functional groups attached to an aromatic ring is 1. The molecule has 2 heterocycles. The summed E-state index contributed by atoms with van der Waals surface area (Å²) in [7, 11) is 0. The minimum atomic E-state index is -0.202. The molecule has 1 fully saturated rings. The molecular formula is C10H16N4O2S. The molecular weight excluding hydrogens is 240 g/mol. The maximum atomic E-state index is 11.2. The van der Waals surface area contributed by atoms with Gasteiger partial charge in [-0.05, 0) is 0 Å². The van der Waals surface area contributed by atoms with E-state index in [1.807, 2.05) is 0 Å². The number of thioether (sulfide) groups is 1. The van der Waals surface area contributed by atoms with E-state index in [4.69, 9.17) is 10.5 Å². The summed E-state index contributed by atoms with van der Waals surface area (Å²) >= 11 is 1.51. The summed E-state index contributed by atoms with van der Waals surface area (Å²) in [4.78, 5) is 20.2. The van der Waals surface area contributed by atoms with Crippen LogP contribution in [0.4, 0.5) is 5.82 Å². The predicted molar refractivity (Wildman–Crippen MR) is 67.3 cm³/mol. The number of hydrogen-bond acceptors (Lipinski definition) is 6. The molecule has 0 unspecified atom stereocenters. The lowest BCUT2D eigenvalue weighted by Crippen LogP contribution is -2.37. The fraction of sp³-hybridized carbons (Fsp3) is 0.600. The zero-order valence-electron chi connectivity index (χ0n) is 9.52. The number of nitrogens with two attached hydrogens (primary N) is 1. The molecule has 1 aromatic rings. The van der Waals surface area contributed by atoms with Crippen molar-refractivity contribution < 1.29 is 4.74 Å². The number of rotatable bonds is 4. The van der Waals surface area contributed by atoms with E-state index in [-0.39, 0.29) is 11.4 Å². The van der Waals surface area contributed by atoms with Gasteiger partial charge in [-0.25, -0.2) is 4.98 Å². The lowest BCUT2D eigenvalue weighted by atomic mass is 10.4. The molecule has 1 saturated heterocycles. The number of H-pyrrole nitrogens is 1. The van der Waals surface area contributed by atoms with Crippen molar-refractivity contribution in [2.75, 3.05) is 44.3 Å². The van der Waals surface area contributed by atoms with E-state index in [0.717, 1.165) is 38.6 Å². The largest absolute Gasteiger partial charge is 0.383 e. The van der Waals surface area contributed by atoms with Crippen molar-refractivity contribution in [3.63, 3.8) is 0 Å². The second-order valence-corrected chi connectivity index (χ2v) is 4.86. The van der Waals surface area contributed by atoms with Gasteiger partial charge in [0.25, 0.3) is 5.56 Å². The van der Waals surface area contributed by atoms with Crippen LogP contribution in [0.3, 0.4) is 0 Å². The van der Waals surface area contributed by atoms with Crippen LogP contribution in [0.25, 0.3) is 0 Å². The molecule has 2 rings (SSSR count). The third-order valence-corrected chi connectivity index (χ3v) is 3.34. The van der Waals surface area contributed by atoms with Crippen LogP contribution >= 0.6 is 11.8 Å². The van der Waals surface area contributed by atoms with Gasteiger partial charge < -0.3 is 15.5 Å². The van der Waals surface area contributed by atoms with Crippen LogP contribution in [0, 0.1) is 0 Å². The Bertz CT molecular complexity index is 417. The van der Waals surface area contributed by atoms with Gasteiger partial charge in [0.1, 0.15) is 5.82 Å². The Kier molecular flexibility index (Phi) is 4.41. The number of aromatic amines is 1. The summed E-state index contributed by atoms with van der Waals surface area (Å²) in [6, 6.07) is 1.28. The van der Waals surface area contributed by atoms with E-state index in [1.165, 1.54) is 17.8 Å². The van der Waals surface area contributed by atoms with Crippen molar-refractivity contribution in [1.29, 1.82) is 0 Å². The molecule has 0 radical (unpaired) electrons. The highest BCUT2D eigenvalue weighted by atomic mass is 32.2. The molecule has 1 aliphatic rings. The van der Waals surface area contributed by atoms with Gasteiger partial charge in [-0.15, -0.1) is 0 Å². The molecule has 0 atom stereocenters. The zero-order valence-corrected chi connectivity index (χ0v) is 10.3. The SMILES string of the molecule is Nc1cc(=O)[nH]c(SCCN2CCOCC2)n1. The Hall–Kier alpha value is -1.05. The van der Waals surface area contributed by atoms with E-state index in [9.17, 15) is 4.79 Å². The Morgan fingerprint density at radius 2 is 2.29 bits per heavy atom. The third kappa shape index (κ3) is 4.03. The first kappa shape index (κ1) is 12.4. The van der Waals surface area contributed by atoms with E-state index in [2.05, 4.69) is 14.9 Å². The second-order valence-electron chi connectivity index (χ2n) is 3.78. The van der Waals surface area contributed by atoms with Gasteiger partial charge in [-0.2, -0.15) is 0 Å². The maximum absolute atomic E-state index is 11.2. The first-order chi connectivity index (χ1) is 8.24. The highest BCUT2D eigenvalue weighted by Gasteiger charge is 2.10. The minimum Gasteiger partial charge on any atom is -0.383 e. The molecule has 6 nitrogen and oxygen atoms in total. The van der Waals surface area contributed by atoms with Crippen LogP contribution in [0.2, 0.25) is 0 Å². The fourth-order valence-electron chi connectivity index (χ4n) is 1.62. The first-order valence-electron chi connectivity index (χ1n) is 5.54. The summed E-state index contributed by atoms with van der Waals surface area (Å²) in [5, 5.41) is 0.586. The van der Waals surface area contributed by atoms with Gasteiger partial charge >= 0.3 is 0 Å². The van der Waals surface area contributed by atoms with Crippen molar-refractivity contribution in [3.05, 3.63) is 16.4 Å². The fourth-order valence-corrected chi connectivity index (χ4v) is 2.50. The highest BCUT2D eigenvalue weighted by Crippen LogP contribution is 2.12. The molecule has 17 heavy (non-hydrogen) atoms. The van der Waals surface area contributed by atoms with Crippen LogP contribution in [-0.2, 0) is 4.74 Å². The number of hydrogen-bond donors (Lipinski definition) is 2. The maximum Gasteiger partial charge on any atom is 0.253 e. The van der Waals surface area contributed by atoms with Crippen LogP contribution in [-0.4, -0.2) is 53.5 Å². The summed E-state index contributed by atoms with van der Waals surface area (Å²) in [6.07, 6.45) is 0. The number of morpholine rings is 1. The van der Waals surface area contributed by atoms with Gasteiger partial charge in [0.15, 0.2) is 5.16 Å².